The van der Waals surface area contributed by atoms with E-state index in [1.54, 1.807) is 0 Å². The molecule has 1 aromatic rings. The Labute approximate surface area is 84.2 Å². The lowest BCUT2D eigenvalue weighted by molar-refractivity contribution is 0.489. The first kappa shape index (κ1) is 10.7. The molecule has 0 radical (unpaired) electrons. The van der Waals surface area contributed by atoms with E-state index in [2.05, 4.69) is 38.2 Å². The van der Waals surface area contributed by atoms with Gasteiger partial charge in [-0.25, -0.2) is 0 Å². The third kappa shape index (κ3) is 3.10. The van der Waals surface area contributed by atoms with Crippen LogP contribution in [0, 0.1) is 6.92 Å². The highest BCUT2D eigenvalue weighted by Gasteiger charge is 2.11. The van der Waals surface area contributed by atoms with E-state index in [4.69, 9.17) is 5.73 Å². The van der Waals surface area contributed by atoms with E-state index >= 15 is 0 Å². The summed E-state index contributed by atoms with van der Waals surface area (Å²) in [5.41, 5.74) is 5.71. The van der Waals surface area contributed by atoms with Gasteiger partial charge in [-0.2, -0.15) is 0 Å². The van der Waals surface area contributed by atoms with Crippen molar-refractivity contribution in [2.45, 2.75) is 32.9 Å². The molecular weight excluding hydrogens is 180 g/mol. The van der Waals surface area contributed by atoms with Crippen molar-refractivity contribution in [3.63, 3.8) is 0 Å². The van der Waals surface area contributed by atoms with E-state index in [0.717, 1.165) is 0 Å². The molecule has 0 spiro atoms. The van der Waals surface area contributed by atoms with Crippen LogP contribution in [0.4, 0.5) is 0 Å². The molecule has 3 heteroatoms. The van der Waals surface area contributed by atoms with Crippen LogP contribution in [0.15, 0.2) is 12.1 Å². The summed E-state index contributed by atoms with van der Waals surface area (Å²) in [5, 5.41) is 3.44. The van der Waals surface area contributed by atoms with Gasteiger partial charge < -0.3 is 11.1 Å². The first-order chi connectivity index (χ1) is 6.13. The van der Waals surface area contributed by atoms with Gasteiger partial charge in [0.2, 0.25) is 0 Å². The first-order valence-corrected chi connectivity index (χ1v) is 5.47. The summed E-state index contributed by atoms with van der Waals surface area (Å²) < 4.78 is 0. The van der Waals surface area contributed by atoms with Gasteiger partial charge in [0, 0.05) is 22.3 Å². The third-order valence-corrected chi connectivity index (χ3v) is 2.99. The Hall–Kier alpha value is -0.380. The highest BCUT2D eigenvalue weighted by atomic mass is 32.1. The van der Waals surface area contributed by atoms with Crippen molar-refractivity contribution in [3.05, 3.63) is 21.9 Å². The molecule has 1 aromatic heterocycles. The molecule has 0 aliphatic rings. The Morgan fingerprint density at radius 2 is 2.15 bits per heavy atom. The van der Waals surface area contributed by atoms with E-state index in [1.165, 1.54) is 9.75 Å². The van der Waals surface area contributed by atoms with Crippen LogP contribution >= 0.6 is 11.3 Å². The predicted octanol–water partition coefficient (Wildman–Crippen LogP) is 2.05. The molecule has 3 N–H and O–H groups in total. The number of hydrogen-bond acceptors (Lipinski definition) is 3. The molecule has 1 atom stereocenters. The zero-order valence-corrected chi connectivity index (χ0v) is 9.32. The van der Waals surface area contributed by atoms with Gasteiger partial charge in [0.25, 0.3) is 0 Å². The zero-order valence-electron chi connectivity index (χ0n) is 8.50. The molecule has 0 saturated heterocycles. The fourth-order valence-corrected chi connectivity index (χ4v) is 2.26. The third-order valence-electron chi connectivity index (χ3n) is 1.87. The van der Waals surface area contributed by atoms with E-state index < -0.39 is 0 Å². The second-order valence-electron chi connectivity index (χ2n) is 3.56. The van der Waals surface area contributed by atoms with Crippen molar-refractivity contribution in [2.75, 3.05) is 6.54 Å². The molecule has 74 valence electrons. The first-order valence-electron chi connectivity index (χ1n) is 4.66. The smallest absolute Gasteiger partial charge is 0.0541 e. The van der Waals surface area contributed by atoms with Crippen LogP contribution in [0.1, 0.15) is 29.6 Å². The predicted molar refractivity (Wildman–Crippen MR) is 59.1 cm³/mol. The maximum Gasteiger partial charge on any atom is 0.0541 e. The van der Waals surface area contributed by atoms with Gasteiger partial charge in [0.1, 0.15) is 0 Å². The molecule has 0 aromatic carbocycles. The van der Waals surface area contributed by atoms with E-state index in [9.17, 15) is 0 Å². The fraction of sp³-hybridized carbons (Fsp3) is 0.600. The van der Waals surface area contributed by atoms with Crippen LogP contribution < -0.4 is 11.1 Å². The summed E-state index contributed by atoms with van der Waals surface area (Å²) in [5.74, 6) is 0. The Bertz CT molecular complexity index is 255. The van der Waals surface area contributed by atoms with Crippen molar-refractivity contribution < 1.29 is 0 Å². The van der Waals surface area contributed by atoms with Gasteiger partial charge >= 0.3 is 0 Å². The number of nitrogens with two attached hydrogens (primary N) is 1. The minimum atomic E-state index is 0.318. The number of thiophene rings is 1. The average molecular weight is 198 g/mol. The van der Waals surface area contributed by atoms with Crippen molar-refractivity contribution in [2.24, 2.45) is 5.73 Å². The molecular formula is C10H18N2S. The topological polar surface area (TPSA) is 38.0 Å². The van der Waals surface area contributed by atoms with Crippen molar-refractivity contribution in [1.82, 2.24) is 5.32 Å². The molecule has 0 bridgehead atoms. The molecule has 0 saturated carbocycles. The summed E-state index contributed by atoms with van der Waals surface area (Å²) in [6, 6.07) is 5.10. The molecule has 1 unspecified atom stereocenters. The normalized spacial score (nSPS) is 13.6. The highest BCUT2D eigenvalue weighted by molar-refractivity contribution is 7.12. The second kappa shape index (κ2) is 4.74. The molecule has 1 heterocycles. The summed E-state index contributed by atoms with van der Waals surface area (Å²) >= 11 is 1.82. The van der Waals surface area contributed by atoms with Gasteiger partial charge in [-0.05, 0) is 19.1 Å². The SMILES string of the molecule is Cc1ccc(C(CN)NC(C)C)s1. The average Bonchev–Trinajstić information content (AvgIpc) is 2.47. The van der Waals surface area contributed by atoms with Crippen LogP contribution in [-0.2, 0) is 0 Å². The monoisotopic (exact) mass is 198 g/mol. The quantitative estimate of drug-likeness (QED) is 0.777. The number of nitrogens with one attached hydrogen (secondary N) is 1. The maximum atomic E-state index is 5.71. The van der Waals surface area contributed by atoms with Crippen LogP contribution in [-0.4, -0.2) is 12.6 Å². The maximum absolute atomic E-state index is 5.71. The Balaban J connectivity index is 2.66. The molecule has 0 fully saturated rings. The Morgan fingerprint density at radius 1 is 1.46 bits per heavy atom. The summed E-state index contributed by atoms with van der Waals surface area (Å²) in [6.07, 6.45) is 0. The van der Waals surface area contributed by atoms with Gasteiger partial charge in [-0.3, -0.25) is 0 Å². The Morgan fingerprint density at radius 3 is 2.54 bits per heavy atom. The molecule has 0 aliphatic carbocycles. The number of rotatable bonds is 4. The zero-order chi connectivity index (χ0) is 9.84. The summed E-state index contributed by atoms with van der Waals surface area (Å²) in [6.45, 7) is 7.07. The van der Waals surface area contributed by atoms with Crippen molar-refractivity contribution in [3.8, 4) is 0 Å². The summed E-state index contributed by atoms with van der Waals surface area (Å²) in [7, 11) is 0. The van der Waals surface area contributed by atoms with E-state index in [0.29, 0.717) is 18.6 Å². The van der Waals surface area contributed by atoms with E-state index in [-0.39, 0.29) is 0 Å². The van der Waals surface area contributed by atoms with Crippen LogP contribution in [0.5, 0.6) is 0 Å². The second-order valence-corrected chi connectivity index (χ2v) is 4.88. The largest absolute Gasteiger partial charge is 0.329 e. The van der Waals surface area contributed by atoms with Crippen LogP contribution in [0.2, 0.25) is 0 Å². The van der Waals surface area contributed by atoms with Gasteiger partial charge in [-0.15, -0.1) is 11.3 Å². The fourth-order valence-electron chi connectivity index (χ4n) is 1.31. The van der Waals surface area contributed by atoms with Crippen molar-refractivity contribution in [1.29, 1.82) is 0 Å². The minimum Gasteiger partial charge on any atom is -0.329 e. The van der Waals surface area contributed by atoms with Gasteiger partial charge in [0.15, 0.2) is 0 Å². The van der Waals surface area contributed by atoms with Crippen molar-refractivity contribution >= 4 is 11.3 Å². The standard InChI is InChI=1S/C10H18N2S/c1-7(2)12-9(6-11)10-5-4-8(3)13-10/h4-5,7,9,12H,6,11H2,1-3H3. The molecule has 2 nitrogen and oxygen atoms in total. The summed E-state index contributed by atoms with van der Waals surface area (Å²) in [4.78, 5) is 2.69. The molecule has 0 aliphatic heterocycles. The number of hydrogen-bond donors (Lipinski definition) is 2. The number of aryl methyl sites for hydroxylation is 1. The minimum absolute atomic E-state index is 0.318. The van der Waals surface area contributed by atoms with E-state index in [1.807, 2.05) is 11.3 Å². The molecule has 13 heavy (non-hydrogen) atoms. The molecule has 1 rings (SSSR count). The lowest BCUT2D eigenvalue weighted by Gasteiger charge is -2.17. The van der Waals surface area contributed by atoms with Crippen LogP contribution in [0.25, 0.3) is 0 Å². The van der Waals surface area contributed by atoms with Crippen LogP contribution in [0.3, 0.4) is 0 Å². The lowest BCUT2D eigenvalue weighted by atomic mass is 10.2. The lowest BCUT2D eigenvalue weighted by Crippen LogP contribution is -2.32. The van der Waals surface area contributed by atoms with Gasteiger partial charge in [0.05, 0.1) is 6.04 Å². The van der Waals surface area contributed by atoms with Gasteiger partial charge in [-0.1, -0.05) is 13.8 Å². The molecule has 0 amide bonds. The Kier molecular flexibility index (Phi) is 3.90. The highest BCUT2D eigenvalue weighted by Crippen LogP contribution is 2.22.